The van der Waals surface area contributed by atoms with Crippen LogP contribution in [0.2, 0.25) is 0 Å². The molecule has 23 aromatic rings. The van der Waals surface area contributed by atoms with Crippen LogP contribution in [0.1, 0.15) is 47.2 Å². The fourth-order valence-electron chi connectivity index (χ4n) is 21.4. The van der Waals surface area contributed by atoms with Crippen LogP contribution in [0, 0.1) is 0 Å². The van der Waals surface area contributed by atoms with E-state index in [0.717, 1.165) is 103 Å². The Morgan fingerprint density at radius 1 is 0.297 bits per heavy atom. The quantitative estimate of drug-likeness (QED) is 0.115. The van der Waals surface area contributed by atoms with Crippen molar-refractivity contribution >= 4 is 138 Å². The lowest BCUT2D eigenvalue weighted by atomic mass is 9.97. The van der Waals surface area contributed by atoms with Crippen LogP contribution in [0.3, 0.4) is 0 Å². The number of aromatic nitrogens is 6. The van der Waals surface area contributed by atoms with Gasteiger partial charge in [0, 0.05) is 148 Å². The first-order valence-electron chi connectivity index (χ1n) is 48.1. The van der Waals surface area contributed by atoms with Crippen molar-refractivity contribution in [3.05, 3.63) is 526 Å². The van der Waals surface area contributed by atoms with Crippen molar-refractivity contribution in [2.75, 3.05) is 27.8 Å². The van der Waals surface area contributed by atoms with E-state index in [9.17, 15) is 0 Å². The Labute approximate surface area is 803 Å². The number of hydrogen-bond acceptors (Lipinski definition) is 4. The third-order valence-electron chi connectivity index (χ3n) is 27.8. The first kappa shape index (κ1) is 83.5. The molecule has 27 rings (SSSR count). The highest BCUT2D eigenvalue weighted by atomic mass is 15.2. The summed E-state index contributed by atoms with van der Waals surface area (Å²) in [4.78, 5) is 12.3. The van der Waals surface area contributed by atoms with E-state index in [0.29, 0.717) is 0 Å². The van der Waals surface area contributed by atoms with Gasteiger partial charge in [-0.1, -0.05) is 328 Å². The Morgan fingerprint density at radius 3 is 1.39 bits per heavy atom. The van der Waals surface area contributed by atoms with E-state index in [1.54, 1.807) is 0 Å². The average molecular weight is 1780 g/mol. The van der Waals surface area contributed by atoms with Crippen molar-refractivity contribution in [3.8, 4) is 51.0 Å². The van der Waals surface area contributed by atoms with E-state index < -0.39 is 0 Å². The molecule has 0 fully saturated rings. The van der Waals surface area contributed by atoms with Gasteiger partial charge < -0.3 is 37.5 Å². The van der Waals surface area contributed by atoms with Crippen molar-refractivity contribution in [1.29, 1.82) is 0 Å². The Bertz CT molecular complexity index is 8630. The molecular formula is C129H99N9. The van der Waals surface area contributed by atoms with E-state index in [4.69, 9.17) is 4.98 Å². The van der Waals surface area contributed by atoms with Gasteiger partial charge in [0.1, 0.15) is 0 Å². The second-order valence-corrected chi connectivity index (χ2v) is 35.8. The lowest BCUT2D eigenvalue weighted by Crippen LogP contribution is -2.21. The van der Waals surface area contributed by atoms with Crippen LogP contribution in [-0.2, 0) is 19.3 Å². The summed E-state index contributed by atoms with van der Waals surface area (Å²) in [6.45, 7) is 6.19. The second kappa shape index (κ2) is 36.8. The van der Waals surface area contributed by atoms with Crippen molar-refractivity contribution in [2.45, 2.75) is 38.5 Å². The SMILES string of the molecule is C1=Cc2c(n(-c3ccccc3)c3cc4c(cc23)CCN4C2=CC(c3ccccc3)=CCC2)CC1.C=CN(c1ccccccccc1)c1ccc2c3ccccc3n(-c3ccccc3)c2c1.c1ccc(-c2cc(-n3c4ccccc4c4c5c(ccc43)ccn5-c3ccccc3)cc(-c3ccccc3)n2)cc1.c1ccc(-n2c3ccccc3c3cc4c(cc32)N(c2ccc3ccccc3c2)CC4)cc1. The minimum atomic E-state index is 0.955. The zero-order valence-corrected chi connectivity index (χ0v) is 76.7. The van der Waals surface area contributed by atoms with Crippen LogP contribution < -0.4 is 14.7 Å². The first-order valence-corrected chi connectivity index (χ1v) is 48.1. The predicted octanol–water partition coefficient (Wildman–Crippen LogP) is 33.0. The molecule has 0 amide bonds. The third kappa shape index (κ3) is 15.6. The highest BCUT2D eigenvalue weighted by Crippen LogP contribution is 2.47. The summed E-state index contributed by atoms with van der Waals surface area (Å²) < 4.78 is 12.0. The van der Waals surface area contributed by atoms with Crippen molar-refractivity contribution in [2.24, 2.45) is 0 Å². The molecule has 0 saturated heterocycles. The van der Waals surface area contributed by atoms with Gasteiger partial charge in [-0.2, -0.15) is 0 Å². The number of allylic oxidation sites excluding steroid dienone is 5. The van der Waals surface area contributed by atoms with Crippen LogP contribution in [0.5, 0.6) is 0 Å². The van der Waals surface area contributed by atoms with Crippen molar-refractivity contribution < 1.29 is 0 Å². The van der Waals surface area contributed by atoms with Gasteiger partial charge in [0.25, 0.3) is 0 Å². The van der Waals surface area contributed by atoms with Crippen LogP contribution in [0.4, 0.5) is 28.4 Å². The molecule has 0 saturated carbocycles. The van der Waals surface area contributed by atoms with Crippen molar-refractivity contribution in [3.63, 3.8) is 0 Å². The Kier molecular flexibility index (Phi) is 22.3. The topological polar surface area (TPSA) is 47.3 Å². The van der Waals surface area contributed by atoms with E-state index >= 15 is 0 Å². The molecule has 8 heterocycles. The van der Waals surface area contributed by atoms with Crippen LogP contribution >= 0.6 is 0 Å². The number of para-hydroxylation sites is 7. The van der Waals surface area contributed by atoms with Crippen LogP contribution in [-0.4, -0.2) is 40.9 Å². The van der Waals surface area contributed by atoms with Gasteiger partial charge in [0.15, 0.2) is 0 Å². The van der Waals surface area contributed by atoms with E-state index in [1.165, 1.54) is 166 Å². The maximum absolute atomic E-state index is 5.12. The smallest absolute Gasteiger partial charge is 0.0730 e. The molecule has 0 atom stereocenters. The Hall–Kier alpha value is -17.5. The van der Waals surface area contributed by atoms with Gasteiger partial charge in [0.05, 0.1) is 61.2 Å². The summed E-state index contributed by atoms with van der Waals surface area (Å²) in [5.41, 5.74) is 35.8. The molecule has 660 valence electrons. The molecule has 2 aliphatic carbocycles. The molecule has 6 aromatic heterocycles. The highest BCUT2D eigenvalue weighted by molar-refractivity contribution is 6.21. The third-order valence-corrected chi connectivity index (χ3v) is 27.8. The molecular weight excluding hydrogens is 1680 g/mol. The van der Waals surface area contributed by atoms with Gasteiger partial charge in [0.2, 0.25) is 0 Å². The summed E-state index contributed by atoms with van der Waals surface area (Å²) in [6, 6.07) is 162. The zero-order chi connectivity index (χ0) is 91.8. The minimum Gasteiger partial charge on any atom is -0.344 e. The summed E-state index contributed by atoms with van der Waals surface area (Å²) in [7, 11) is 0. The normalized spacial score (nSPS) is 13.0. The number of hydrogen-bond donors (Lipinski definition) is 0. The molecule has 138 heavy (non-hydrogen) atoms. The number of pyridine rings is 1. The van der Waals surface area contributed by atoms with E-state index in [1.807, 2.05) is 60.8 Å². The second-order valence-electron chi connectivity index (χ2n) is 35.8. The Morgan fingerprint density at radius 2 is 0.768 bits per heavy atom. The largest absolute Gasteiger partial charge is 0.344 e. The fourth-order valence-corrected chi connectivity index (χ4v) is 21.4. The summed E-state index contributed by atoms with van der Waals surface area (Å²) in [5.74, 6) is 0. The molecule has 17 aromatic carbocycles. The number of fused-ring (bicyclic) bond motifs is 17. The lowest BCUT2D eigenvalue weighted by molar-refractivity contribution is 0.851. The fraction of sp³-hybridized carbons (Fsp3) is 0.0620. The van der Waals surface area contributed by atoms with Crippen LogP contribution in [0.15, 0.2) is 498 Å². The first-order chi connectivity index (χ1) is 68.4. The molecule has 9 nitrogen and oxygen atoms in total. The van der Waals surface area contributed by atoms with Crippen LogP contribution in [0.25, 0.3) is 161 Å². The molecule has 0 bridgehead atoms. The Balaban J connectivity index is 0.000000101. The molecule has 4 aliphatic rings. The molecule has 0 unspecified atom stereocenters. The highest BCUT2D eigenvalue weighted by Gasteiger charge is 2.30. The maximum atomic E-state index is 5.12. The number of anilines is 5. The monoisotopic (exact) mass is 1770 g/mol. The van der Waals surface area contributed by atoms with E-state index in [2.05, 4.69) is 475 Å². The van der Waals surface area contributed by atoms with Gasteiger partial charge in [-0.05, 0) is 229 Å². The summed E-state index contributed by atoms with van der Waals surface area (Å²) in [5, 5.41) is 12.8. The zero-order valence-electron chi connectivity index (χ0n) is 76.7. The van der Waals surface area contributed by atoms with Gasteiger partial charge in [-0.15, -0.1) is 0 Å². The maximum Gasteiger partial charge on any atom is 0.0730 e. The van der Waals surface area contributed by atoms with E-state index in [-0.39, 0.29) is 0 Å². The number of nitrogens with zero attached hydrogens (tertiary/aromatic N) is 9. The van der Waals surface area contributed by atoms with Gasteiger partial charge in [-0.25, -0.2) is 4.98 Å². The molecule has 0 radical (unpaired) electrons. The number of benzene rings is 16. The minimum absolute atomic E-state index is 0.955. The number of rotatable bonds is 13. The summed E-state index contributed by atoms with van der Waals surface area (Å²) >= 11 is 0. The molecule has 9 heteroatoms. The van der Waals surface area contributed by atoms with Gasteiger partial charge in [-0.3, -0.25) is 0 Å². The predicted molar refractivity (Wildman–Crippen MR) is 582 cm³/mol. The lowest BCUT2D eigenvalue weighted by Gasteiger charge is -2.26. The molecule has 0 N–H and O–H groups in total. The summed E-state index contributed by atoms with van der Waals surface area (Å²) in [6.07, 6.45) is 20.1. The van der Waals surface area contributed by atoms with Gasteiger partial charge >= 0.3 is 0 Å². The average Bonchev–Trinajstić information content (AvgIpc) is 1.58. The van der Waals surface area contributed by atoms with Crippen molar-refractivity contribution in [1.82, 2.24) is 27.8 Å². The molecule has 2 aliphatic heterocycles. The standard InChI is InChI=1S/C37H25N3.C32H28N2.C30H22N2.C30H24N2/c1-4-12-26(13-5-1)32-24-30(25-33(38-32)27-14-6-2-7-15-27)40-34-19-11-10-18-31(34)36-35(40)21-20-28-22-23-39(37(28)36)29-16-8-3-9-17-29;1-3-10-23(11-4-1)24-12-9-15-27(20-24)33-19-18-25-21-29-28-16-7-8-17-30(28)34(32(29)22-31(25)33)26-13-5-2-6-14-26;1-2-10-24(11-3-1)32-28-13-7-6-12-26(28)27-19-23-16-17-31(29(23)20-30(27)32)25-15-14-21-8-4-5-9-22(21)18-25;1-2-31(24-15-9-6-4-3-5-7-10-16-24)26-21-22-28-27-19-13-14-20-29(27)32(30(28)23-26)25-17-11-8-12-18-25/h1-25H;1-7,10-14,16,20-22H,8-9,15,17-19H2;1-15,18-20H,16-17H2;2-23H,1H2. The molecule has 0 spiro atoms.